The molecule has 0 rings (SSSR count). The molecule has 0 atom stereocenters. The van der Waals surface area contributed by atoms with Crippen LogP contribution in [0.25, 0.3) is 0 Å². The smallest absolute Gasteiger partial charge is 0.328 e. The van der Waals surface area contributed by atoms with Gasteiger partial charge in [-0.3, -0.25) is 0 Å². The zero-order valence-electron chi connectivity index (χ0n) is 9.57. The Hall–Kier alpha value is -0.870. The van der Waals surface area contributed by atoms with Gasteiger partial charge in [0.25, 0.3) is 0 Å². The average Bonchev–Trinajstić information content (AvgIpc) is 2.10. The molecule has 0 saturated heterocycles. The van der Waals surface area contributed by atoms with Gasteiger partial charge in [-0.05, 0) is 39.8 Å². The highest BCUT2D eigenvalue weighted by atomic mass is 16.4. The van der Waals surface area contributed by atoms with Crippen molar-refractivity contribution in [1.82, 2.24) is 4.90 Å². The summed E-state index contributed by atoms with van der Waals surface area (Å²) in [6, 6.07) is 0. The maximum absolute atomic E-state index is 10.4. The Kier molecular flexibility index (Phi) is 7.95. The van der Waals surface area contributed by atoms with E-state index >= 15 is 0 Å². The number of carbonyl (C=O) groups is 1. The molecule has 15 heavy (non-hydrogen) atoms. The van der Waals surface area contributed by atoms with Crippen LogP contribution in [0.1, 0.15) is 26.2 Å². The normalized spacial score (nSPS) is 12.1. The van der Waals surface area contributed by atoms with E-state index in [1.165, 1.54) is 6.08 Å². The van der Waals surface area contributed by atoms with E-state index in [1.807, 2.05) is 14.0 Å². The molecule has 0 unspecified atom stereocenters. The van der Waals surface area contributed by atoms with Crippen molar-refractivity contribution in [2.75, 3.05) is 26.7 Å². The number of hydrogen-bond donors (Lipinski definition) is 2. The van der Waals surface area contributed by atoms with Gasteiger partial charge in [-0.15, -0.1) is 0 Å². The third kappa shape index (κ3) is 9.43. The summed E-state index contributed by atoms with van der Waals surface area (Å²) in [5, 5.41) is 17.1. The number of likely N-dealkylation sites (N-methyl/N-ethyl adjacent to an activating group) is 1. The molecule has 0 aliphatic rings. The molecule has 0 bridgehead atoms. The Labute approximate surface area is 91.2 Å². The Balaban J connectivity index is 3.64. The van der Waals surface area contributed by atoms with E-state index in [9.17, 15) is 4.79 Å². The van der Waals surface area contributed by atoms with Crippen molar-refractivity contribution in [3.05, 3.63) is 11.6 Å². The molecule has 0 radical (unpaired) electrons. The second kappa shape index (κ2) is 8.44. The van der Waals surface area contributed by atoms with Gasteiger partial charge in [-0.2, -0.15) is 0 Å². The summed E-state index contributed by atoms with van der Waals surface area (Å²) in [6.45, 7) is 3.69. The number of hydrogen-bond acceptors (Lipinski definition) is 3. The molecule has 4 nitrogen and oxygen atoms in total. The molecular weight excluding hydrogens is 194 g/mol. The standard InChI is InChI=1S/C11H21NO3/c1-10(8-11(14)15)9-12(2)6-4-3-5-7-13/h8,13H,3-7,9H2,1-2H3,(H,14,15). The summed E-state index contributed by atoms with van der Waals surface area (Å²) < 4.78 is 0. The van der Waals surface area contributed by atoms with Gasteiger partial charge >= 0.3 is 5.97 Å². The lowest BCUT2D eigenvalue weighted by Crippen LogP contribution is -2.22. The van der Waals surface area contributed by atoms with Crippen molar-refractivity contribution in [1.29, 1.82) is 0 Å². The Morgan fingerprint density at radius 2 is 2.00 bits per heavy atom. The van der Waals surface area contributed by atoms with Crippen LogP contribution in [0, 0.1) is 0 Å². The summed E-state index contributed by atoms with van der Waals surface area (Å²) in [4.78, 5) is 12.5. The van der Waals surface area contributed by atoms with E-state index in [0.717, 1.165) is 31.4 Å². The first-order valence-electron chi connectivity index (χ1n) is 5.25. The minimum Gasteiger partial charge on any atom is -0.478 e. The third-order valence-electron chi connectivity index (χ3n) is 2.09. The fourth-order valence-corrected chi connectivity index (χ4v) is 1.43. The van der Waals surface area contributed by atoms with Crippen molar-refractivity contribution in [2.45, 2.75) is 26.2 Å². The monoisotopic (exact) mass is 215 g/mol. The average molecular weight is 215 g/mol. The largest absolute Gasteiger partial charge is 0.478 e. The SMILES string of the molecule is CC(=CC(=O)O)CN(C)CCCCCO. The summed E-state index contributed by atoms with van der Waals surface area (Å²) in [5.41, 5.74) is 0.854. The van der Waals surface area contributed by atoms with Gasteiger partial charge in [-0.25, -0.2) is 4.79 Å². The molecule has 0 aromatic carbocycles. The van der Waals surface area contributed by atoms with Gasteiger partial charge < -0.3 is 15.1 Å². The molecule has 0 amide bonds. The van der Waals surface area contributed by atoms with E-state index in [4.69, 9.17) is 10.2 Å². The molecular formula is C11H21NO3. The topological polar surface area (TPSA) is 60.8 Å². The van der Waals surface area contributed by atoms with Gasteiger partial charge in [0.1, 0.15) is 0 Å². The Bertz CT molecular complexity index is 214. The van der Waals surface area contributed by atoms with Crippen molar-refractivity contribution in [3.8, 4) is 0 Å². The lowest BCUT2D eigenvalue weighted by atomic mass is 10.2. The maximum atomic E-state index is 10.4. The molecule has 0 aromatic heterocycles. The highest BCUT2D eigenvalue weighted by Gasteiger charge is 2.00. The van der Waals surface area contributed by atoms with Crippen LogP contribution in [0.2, 0.25) is 0 Å². The number of aliphatic hydroxyl groups is 1. The highest BCUT2D eigenvalue weighted by molar-refractivity contribution is 5.80. The molecule has 88 valence electrons. The first-order valence-corrected chi connectivity index (χ1v) is 5.25. The van der Waals surface area contributed by atoms with Gasteiger partial charge in [0.05, 0.1) is 0 Å². The number of aliphatic carboxylic acids is 1. The predicted octanol–water partition coefficient (Wildman–Crippen LogP) is 1.11. The van der Waals surface area contributed by atoms with E-state index in [1.54, 1.807) is 0 Å². The van der Waals surface area contributed by atoms with Crippen LogP contribution in [-0.4, -0.2) is 47.8 Å². The zero-order chi connectivity index (χ0) is 11.7. The quantitative estimate of drug-likeness (QED) is 0.470. The van der Waals surface area contributed by atoms with Crippen LogP contribution < -0.4 is 0 Å². The lowest BCUT2D eigenvalue weighted by Gasteiger charge is -2.16. The molecule has 0 aliphatic carbocycles. The van der Waals surface area contributed by atoms with Crippen molar-refractivity contribution < 1.29 is 15.0 Å². The van der Waals surface area contributed by atoms with E-state index in [0.29, 0.717) is 6.54 Å². The van der Waals surface area contributed by atoms with Crippen molar-refractivity contribution >= 4 is 5.97 Å². The maximum Gasteiger partial charge on any atom is 0.328 e. The van der Waals surface area contributed by atoms with Crippen LogP contribution in [0.15, 0.2) is 11.6 Å². The minimum absolute atomic E-state index is 0.252. The number of aliphatic hydroxyl groups excluding tert-OH is 1. The van der Waals surface area contributed by atoms with Gasteiger partial charge in [0.15, 0.2) is 0 Å². The van der Waals surface area contributed by atoms with E-state index in [2.05, 4.69) is 4.90 Å². The van der Waals surface area contributed by atoms with Gasteiger partial charge in [-0.1, -0.05) is 5.57 Å². The van der Waals surface area contributed by atoms with Crippen molar-refractivity contribution in [3.63, 3.8) is 0 Å². The first kappa shape index (κ1) is 14.1. The van der Waals surface area contributed by atoms with Gasteiger partial charge in [0, 0.05) is 19.2 Å². The molecule has 0 saturated carbocycles. The summed E-state index contributed by atoms with van der Waals surface area (Å²) >= 11 is 0. The molecule has 0 fully saturated rings. The van der Waals surface area contributed by atoms with E-state index in [-0.39, 0.29) is 6.61 Å². The summed E-state index contributed by atoms with van der Waals surface area (Å²) in [5.74, 6) is -0.888. The van der Waals surface area contributed by atoms with Crippen LogP contribution in [-0.2, 0) is 4.79 Å². The minimum atomic E-state index is -0.888. The zero-order valence-corrected chi connectivity index (χ0v) is 9.57. The number of rotatable bonds is 8. The number of carboxylic acids is 1. The summed E-state index contributed by atoms with van der Waals surface area (Å²) in [6.07, 6.45) is 4.14. The van der Waals surface area contributed by atoms with Gasteiger partial charge in [0.2, 0.25) is 0 Å². The molecule has 0 spiro atoms. The molecule has 0 aromatic rings. The lowest BCUT2D eigenvalue weighted by molar-refractivity contribution is -0.131. The number of carboxylic acid groups (broad SMARTS) is 1. The first-order chi connectivity index (χ1) is 7.06. The van der Waals surface area contributed by atoms with Crippen molar-refractivity contribution in [2.24, 2.45) is 0 Å². The highest BCUT2D eigenvalue weighted by Crippen LogP contribution is 2.00. The number of nitrogens with zero attached hydrogens (tertiary/aromatic N) is 1. The number of unbranched alkanes of at least 4 members (excludes halogenated alkanes) is 2. The molecule has 4 heteroatoms. The molecule has 2 N–H and O–H groups in total. The van der Waals surface area contributed by atoms with E-state index < -0.39 is 5.97 Å². The molecule has 0 aliphatic heterocycles. The fraction of sp³-hybridized carbons (Fsp3) is 0.727. The van der Waals surface area contributed by atoms with Crippen LogP contribution in [0.4, 0.5) is 0 Å². The van der Waals surface area contributed by atoms with Crippen LogP contribution in [0.3, 0.4) is 0 Å². The Morgan fingerprint density at radius 3 is 2.53 bits per heavy atom. The second-order valence-corrected chi connectivity index (χ2v) is 3.85. The fourth-order valence-electron chi connectivity index (χ4n) is 1.43. The summed E-state index contributed by atoms with van der Waals surface area (Å²) in [7, 11) is 1.97. The Morgan fingerprint density at radius 1 is 1.33 bits per heavy atom. The third-order valence-corrected chi connectivity index (χ3v) is 2.09. The molecule has 0 heterocycles. The van der Waals surface area contributed by atoms with Crippen LogP contribution in [0.5, 0.6) is 0 Å². The second-order valence-electron chi connectivity index (χ2n) is 3.85. The van der Waals surface area contributed by atoms with Crippen LogP contribution >= 0.6 is 0 Å². The predicted molar refractivity (Wildman–Crippen MR) is 59.8 cm³/mol.